The van der Waals surface area contributed by atoms with E-state index in [1.807, 2.05) is 0 Å². The topological polar surface area (TPSA) is 58.8 Å². The summed E-state index contributed by atoms with van der Waals surface area (Å²) in [6.07, 6.45) is 4.10. The van der Waals surface area contributed by atoms with Crippen LogP contribution in [0.25, 0.3) is 0 Å². The molecule has 0 spiro atoms. The molecule has 0 unspecified atom stereocenters. The number of benzene rings is 1. The van der Waals surface area contributed by atoms with Crippen LogP contribution in [0.3, 0.4) is 0 Å². The minimum atomic E-state index is -0.0680. The summed E-state index contributed by atoms with van der Waals surface area (Å²) in [7, 11) is 0. The second kappa shape index (κ2) is 8.45. The Balaban J connectivity index is 1.44. The van der Waals surface area contributed by atoms with E-state index >= 15 is 0 Å². The van der Waals surface area contributed by atoms with Gasteiger partial charge in [-0.25, -0.2) is 4.98 Å². The number of aromatic nitrogens is 1. The smallest absolute Gasteiger partial charge is 0.275 e. The number of aryl methyl sites for hydroxylation is 2. The Labute approximate surface area is 166 Å². The Hall–Kier alpha value is -2.18. The average molecular weight is 383 g/mol. The quantitative estimate of drug-likeness (QED) is 0.735. The van der Waals surface area contributed by atoms with Crippen molar-refractivity contribution in [3.05, 3.63) is 52.7 Å². The Morgan fingerprint density at radius 2 is 2.00 bits per heavy atom. The Morgan fingerprint density at radius 3 is 2.75 bits per heavy atom. The maximum absolute atomic E-state index is 12.6. The van der Waals surface area contributed by atoms with E-state index in [9.17, 15) is 4.79 Å². The van der Waals surface area contributed by atoms with Crippen LogP contribution in [-0.2, 0) is 17.8 Å². The number of oxazole rings is 1. The fourth-order valence-corrected chi connectivity index (χ4v) is 3.66. The van der Waals surface area contributed by atoms with Crippen LogP contribution >= 0.6 is 0 Å². The first-order valence-electron chi connectivity index (χ1n) is 10.2. The third-order valence-corrected chi connectivity index (χ3v) is 5.54. The molecule has 150 valence electrons. The van der Waals surface area contributed by atoms with Gasteiger partial charge < -0.3 is 14.1 Å². The van der Waals surface area contributed by atoms with E-state index in [1.165, 1.54) is 35.8 Å². The molecule has 1 saturated carbocycles. The average Bonchev–Trinajstić information content (AvgIpc) is 3.39. The van der Waals surface area contributed by atoms with Gasteiger partial charge >= 0.3 is 0 Å². The van der Waals surface area contributed by atoms with Gasteiger partial charge in [0.05, 0.1) is 19.8 Å². The van der Waals surface area contributed by atoms with E-state index in [4.69, 9.17) is 9.15 Å². The van der Waals surface area contributed by atoms with Gasteiger partial charge in [0.25, 0.3) is 5.91 Å². The molecular weight excluding hydrogens is 354 g/mol. The molecule has 1 aromatic carbocycles. The van der Waals surface area contributed by atoms with Crippen molar-refractivity contribution in [3.8, 4) is 0 Å². The normalized spacial score (nSPS) is 17.3. The van der Waals surface area contributed by atoms with Gasteiger partial charge in [-0.05, 0) is 43.7 Å². The number of amides is 1. The highest BCUT2D eigenvalue weighted by atomic mass is 16.5. The van der Waals surface area contributed by atoms with Gasteiger partial charge in [-0.1, -0.05) is 23.8 Å². The zero-order valence-corrected chi connectivity index (χ0v) is 16.8. The first kappa shape index (κ1) is 19.2. The van der Waals surface area contributed by atoms with Gasteiger partial charge in [0.1, 0.15) is 6.26 Å². The van der Waals surface area contributed by atoms with E-state index in [1.54, 1.807) is 4.90 Å². The van der Waals surface area contributed by atoms with Gasteiger partial charge in [0.2, 0.25) is 5.89 Å². The molecule has 2 heterocycles. The third kappa shape index (κ3) is 4.80. The molecule has 6 nitrogen and oxygen atoms in total. The number of carbonyl (C=O) groups excluding carboxylic acids is 1. The molecule has 0 radical (unpaired) electrons. The second-order valence-corrected chi connectivity index (χ2v) is 8.07. The number of hydrogen-bond acceptors (Lipinski definition) is 5. The van der Waals surface area contributed by atoms with Crippen LogP contribution in [0, 0.1) is 19.8 Å². The lowest BCUT2D eigenvalue weighted by molar-refractivity contribution is 0.0299. The highest BCUT2D eigenvalue weighted by molar-refractivity contribution is 5.92. The van der Waals surface area contributed by atoms with E-state index in [0.717, 1.165) is 19.0 Å². The standard InChI is InChI=1S/C22H29N3O3/c1-16-3-4-17(2)19(11-16)13-24(12-18-5-6-18)14-21-23-20(15-28-21)22(26)25-7-9-27-10-8-25/h3-4,11,15,18H,5-10,12-14H2,1-2H3. The summed E-state index contributed by atoms with van der Waals surface area (Å²) in [5, 5.41) is 0. The zero-order chi connectivity index (χ0) is 19.5. The van der Waals surface area contributed by atoms with Crippen molar-refractivity contribution in [3.63, 3.8) is 0 Å². The van der Waals surface area contributed by atoms with Crippen LogP contribution < -0.4 is 0 Å². The van der Waals surface area contributed by atoms with Crippen LogP contribution in [0.5, 0.6) is 0 Å². The van der Waals surface area contributed by atoms with Crippen molar-refractivity contribution in [1.82, 2.24) is 14.8 Å². The van der Waals surface area contributed by atoms with Crippen molar-refractivity contribution in [2.24, 2.45) is 5.92 Å². The van der Waals surface area contributed by atoms with Crippen molar-refractivity contribution in [2.75, 3.05) is 32.8 Å². The molecule has 2 fully saturated rings. The number of hydrogen-bond donors (Lipinski definition) is 0. The molecule has 1 amide bonds. The molecule has 28 heavy (non-hydrogen) atoms. The second-order valence-electron chi connectivity index (χ2n) is 8.07. The maximum atomic E-state index is 12.6. The Morgan fingerprint density at radius 1 is 1.21 bits per heavy atom. The lowest BCUT2D eigenvalue weighted by atomic mass is 10.1. The lowest BCUT2D eigenvalue weighted by Crippen LogP contribution is -2.40. The first-order chi connectivity index (χ1) is 13.6. The molecule has 1 aliphatic carbocycles. The molecular formula is C22H29N3O3. The highest BCUT2D eigenvalue weighted by Gasteiger charge is 2.26. The summed E-state index contributed by atoms with van der Waals surface area (Å²) in [6.45, 7) is 9.23. The molecule has 2 aliphatic rings. The molecule has 4 rings (SSSR count). The van der Waals surface area contributed by atoms with Crippen molar-refractivity contribution in [2.45, 2.75) is 39.8 Å². The molecule has 1 aromatic heterocycles. The highest BCUT2D eigenvalue weighted by Crippen LogP contribution is 2.31. The fourth-order valence-electron chi connectivity index (χ4n) is 3.66. The molecule has 0 N–H and O–H groups in total. The van der Waals surface area contributed by atoms with Gasteiger partial charge in [0.15, 0.2) is 5.69 Å². The van der Waals surface area contributed by atoms with E-state index in [-0.39, 0.29) is 5.91 Å². The van der Waals surface area contributed by atoms with Crippen LogP contribution in [-0.4, -0.2) is 53.5 Å². The molecule has 1 aliphatic heterocycles. The van der Waals surface area contributed by atoms with Crippen LogP contribution in [0.4, 0.5) is 0 Å². The van der Waals surface area contributed by atoms with Crippen LogP contribution in [0.15, 0.2) is 28.9 Å². The van der Waals surface area contributed by atoms with Gasteiger partial charge in [-0.3, -0.25) is 9.69 Å². The number of nitrogens with zero attached hydrogens (tertiary/aromatic N) is 3. The fraction of sp³-hybridized carbons (Fsp3) is 0.545. The Kier molecular flexibility index (Phi) is 5.78. The monoisotopic (exact) mass is 383 g/mol. The Bertz CT molecular complexity index is 822. The van der Waals surface area contributed by atoms with E-state index in [0.29, 0.717) is 44.4 Å². The molecule has 2 aromatic rings. The van der Waals surface area contributed by atoms with Gasteiger partial charge in [-0.2, -0.15) is 0 Å². The maximum Gasteiger partial charge on any atom is 0.275 e. The summed E-state index contributed by atoms with van der Waals surface area (Å²) >= 11 is 0. The summed E-state index contributed by atoms with van der Waals surface area (Å²) in [5.74, 6) is 1.32. The van der Waals surface area contributed by atoms with Crippen LogP contribution in [0.2, 0.25) is 0 Å². The lowest BCUT2D eigenvalue weighted by Gasteiger charge is -2.25. The minimum absolute atomic E-state index is 0.0680. The summed E-state index contributed by atoms with van der Waals surface area (Å²) < 4.78 is 11.0. The number of carbonyl (C=O) groups is 1. The van der Waals surface area contributed by atoms with Crippen molar-refractivity contribution >= 4 is 5.91 Å². The van der Waals surface area contributed by atoms with Gasteiger partial charge in [-0.15, -0.1) is 0 Å². The third-order valence-electron chi connectivity index (χ3n) is 5.54. The number of morpholine rings is 1. The summed E-state index contributed by atoms with van der Waals surface area (Å²) in [4.78, 5) is 21.3. The predicted octanol–water partition coefficient (Wildman–Crippen LogP) is 3.18. The van der Waals surface area contributed by atoms with Crippen molar-refractivity contribution in [1.29, 1.82) is 0 Å². The largest absolute Gasteiger partial charge is 0.447 e. The molecule has 6 heteroatoms. The van der Waals surface area contributed by atoms with Gasteiger partial charge in [0, 0.05) is 26.2 Å². The predicted molar refractivity (Wildman–Crippen MR) is 106 cm³/mol. The summed E-state index contributed by atoms with van der Waals surface area (Å²) in [6, 6.07) is 6.60. The molecule has 0 bridgehead atoms. The minimum Gasteiger partial charge on any atom is -0.447 e. The number of rotatable bonds is 7. The molecule has 1 saturated heterocycles. The summed E-state index contributed by atoms with van der Waals surface area (Å²) in [5.41, 5.74) is 4.33. The van der Waals surface area contributed by atoms with E-state index < -0.39 is 0 Å². The molecule has 0 atom stereocenters. The van der Waals surface area contributed by atoms with Crippen LogP contribution in [0.1, 0.15) is 45.9 Å². The first-order valence-corrected chi connectivity index (χ1v) is 10.2. The zero-order valence-electron chi connectivity index (χ0n) is 16.8. The van der Waals surface area contributed by atoms with E-state index in [2.05, 4.69) is 41.9 Å². The SMILES string of the molecule is Cc1ccc(C)c(CN(Cc2nc(C(=O)N3CCOCC3)co2)CC2CC2)c1. The van der Waals surface area contributed by atoms with Crippen molar-refractivity contribution < 1.29 is 13.9 Å². The number of ether oxygens (including phenoxy) is 1.